The van der Waals surface area contributed by atoms with Crippen molar-refractivity contribution in [3.63, 3.8) is 0 Å². The molecule has 4 heteroatoms. The standard InChI is InChI=1S/C15H22ClFN2/c1-3-11(2)15(19-8-6-18-7-9-19)12-4-5-14(17)13(16)10-12/h4-5,10-11,15,18H,3,6-9H2,1-2H3/t11?,15-/m0/s1. The monoisotopic (exact) mass is 284 g/mol. The lowest BCUT2D eigenvalue weighted by Gasteiger charge is -2.38. The maximum Gasteiger partial charge on any atom is 0.141 e. The number of nitrogens with one attached hydrogen (secondary N) is 1. The van der Waals surface area contributed by atoms with Crippen molar-refractivity contribution in [1.29, 1.82) is 0 Å². The Morgan fingerprint density at radius 1 is 1.37 bits per heavy atom. The number of halogens is 2. The zero-order chi connectivity index (χ0) is 13.8. The molecule has 2 nitrogen and oxygen atoms in total. The molecule has 1 unspecified atom stereocenters. The summed E-state index contributed by atoms with van der Waals surface area (Å²) in [6.07, 6.45) is 1.10. The third-order valence-electron chi connectivity index (χ3n) is 4.01. The van der Waals surface area contributed by atoms with Crippen molar-refractivity contribution >= 4 is 11.6 Å². The molecule has 2 atom stereocenters. The molecular weight excluding hydrogens is 263 g/mol. The predicted octanol–water partition coefficient (Wildman–Crippen LogP) is 3.47. The van der Waals surface area contributed by atoms with Gasteiger partial charge in [0.1, 0.15) is 5.82 Å². The van der Waals surface area contributed by atoms with Gasteiger partial charge in [-0.05, 0) is 23.6 Å². The summed E-state index contributed by atoms with van der Waals surface area (Å²) >= 11 is 5.94. The van der Waals surface area contributed by atoms with Gasteiger partial charge in [-0.15, -0.1) is 0 Å². The number of piperazine rings is 1. The Kier molecular flexibility index (Phi) is 5.20. The lowest BCUT2D eigenvalue weighted by Crippen LogP contribution is -2.46. The lowest BCUT2D eigenvalue weighted by molar-refractivity contribution is 0.128. The van der Waals surface area contributed by atoms with E-state index in [1.54, 1.807) is 6.07 Å². The first-order chi connectivity index (χ1) is 9.13. The second-order valence-electron chi connectivity index (χ2n) is 5.29. The van der Waals surface area contributed by atoms with Crippen LogP contribution in [0.2, 0.25) is 5.02 Å². The topological polar surface area (TPSA) is 15.3 Å². The van der Waals surface area contributed by atoms with E-state index in [1.807, 2.05) is 6.07 Å². The molecule has 1 aliphatic heterocycles. The normalized spacial score (nSPS) is 20.2. The molecule has 1 saturated heterocycles. The molecule has 1 fully saturated rings. The van der Waals surface area contributed by atoms with Crippen LogP contribution in [-0.2, 0) is 0 Å². The van der Waals surface area contributed by atoms with Crippen molar-refractivity contribution in [1.82, 2.24) is 10.2 Å². The van der Waals surface area contributed by atoms with Crippen LogP contribution in [0.4, 0.5) is 4.39 Å². The van der Waals surface area contributed by atoms with E-state index in [4.69, 9.17) is 11.6 Å². The summed E-state index contributed by atoms with van der Waals surface area (Å²) in [7, 11) is 0. The Bertz CT molecular complexity index is 419. The average molecular weight is 285 g/mol. The highest BCUT2D eigenvalue weighted by Crippen LogP contribution is 2.32. The Labute approximate surface area is 119 Å². The molecule has 0 spiro atoms. The van der Waals surface area contributed by atoms with Crippen molar-refractivity contribution in [2.75, 3.05) is 26.2 Å². The molecule has 1 N–H and O–H groups in total. The average Bonchev–Trinajstić information content (AvgIpc) is 2.44. The van der Waals surface area contributed by atoms with E-state index in [2.05, 4.69) is 24.1 Å². The first kappa shape index (κ1) is 14.8. The molecule has 2 rings (SSSR count). The second kappa shape index (κ2) is 6.69. The van der Waals surface area contributed by atoms with Crippen LogP contribution < -0.4 is 5.32 Å². The van der Waals surface area contributed by atoms with E-state index in [0.29, 0.717) is 12.0 Å². The van der Waals surface area contributed by atoms with Crippen molar-refractivity contribution in [2.45, 2.75) is 26.3 Å². The van der Waals surface area contributed by atoms with Crippen molar-refractivity contribution < 1.29 is 4.39 Å². The number of hydrogen-bond acceptors (Lipinski definition) is 2. The van der Waals surface area contributed by atoms with Crippen molar-refractivity contribution in [3.05, 3.63) is 34.6 Å². The summed E-state index contributed by atoms with van der Waals surface area (Å²) < 4.78 is 13.3. The minimum atomic E-state index is -0.339. The minimum absolute atomic E-state index is 0.223. The Hall–Kier alpha value is -0.640. The second-order valence-corrected chi connectivity index (χ2v) is 5.70. The Morgan fingerprint density at radius 2 is 2.05 bits per heavy atom. The summed E-state index contributed by atoms with van der Waals surface area (Å²) in [6.45, 7) is 8.55. The first-order valence-electron chi connectivity index (χ1n) is 7.03. The van der Waals surface area contributed by atoms with Gasteiger partial charge in [0.25, 0.3) is 0 Å². The van der Waals surface area contributed by atoms with E-state index in [1.165, 1.54) is 6.07 Å². The van der Waals surface area contributed by atoms with E-state index in [0.717, 1.165) is 38.2 Å². The van der Waals surface area contributed by atoms with E-state index in [-0.39, 0.29) is 10.8 Å². The summed E-state index contributed by atoms with van der Waals surface area (Å²) in [4.78, 5) is 2.48. The summed E-state index contributed by atoms with van der Waals surface area (Å²) in [5.74, 6) is 0.188. The summed E-state index contributed by atoms with van der Waals surface area (Å²) in [6, 6.07) is 5.47. The minimum Gasteiger partial charge on any atom is -0.314 e. The van der Waals surface area contributed by atoms with Gasteiger partial charge in [-0.25, -0.2) is 4.39 Å². The zero-order valence-electron chi connectivity index (χ0n) is 11.6. The molecular formula is C15H22ClFN2. The molecule has 0 aromatic heterocycles. The van der Waals surface area contributed by atoms with Gasteiger partial charge in [-0.1, -0.05) is 37.9 Å². The van der Waals surface area contributed by atoms with Crippen LogP contribution in [0.25, 0.3) is 0 Å². The molecule has 106 valence electrons. The summed E-state index contributed by atoms with van der Waals surface area (Å²) in [5, 5.41) is 3.59. The van der Waals surface area contributed by atoms with Gasteiger partial charge < -0.3 is 5.32 Å². The van der Waals surface area contributed by atoms with Crippen LogP contribution in [0, 0.1) is 11.7 Å². The van der Waals surface area contributed by atoms with Crippen LogP contribution in [0.15, 0.2) is 18.2 Å². The van der Waals surface area contributed by atoms with E-state index in [9.17, 15) is 4.39 Å². The fourth-order valence-electron chi connectivity index (χ4n) is 2.78. The molecule has 0 radical (unpaired) electrons. The summed E-state index contributed by atoms with van der Waals surface area (Å²) in [5.41, 5.74) is 1.13. The molecule has 1 aromatic carbocycles. The Balaban J connectivity index is 2.27. The maximum absolute atomic E-state index is 13.3. The van der Waals surface area contributed by atoms with Gasteiger partial charge in [-0.2, -0.15) is 0 Å². The van der Waals surface area contributed by atoms with Gasteiger partial charge in [0.05, 0.1) is 5.02 Å². The van der Waals surface area contributed by atoms with Crippen LogP contribution in [0.5, 0.6) is 0 Å². The molecule has 0 saturated carbocycles. The number of rotatable bonds is 4. The van der Waals surface area contributed by atoms with E-state index < -0.39 is 0 Å². The smallest absolute Gasteiger partial charge is 0.141 e. The highest BCUT2D eigenvalue weighted by atomic mass is 35.5. The third kappa shape index (κ3) is 3.47. The van der Waals surface area contributed by atoms with Gasteiger partial charge in [0.2, 0.25) is 0 Å². The van der Waals surface area contributed by atoms with Crippen LogP contribution in [-0.4, -0.2) is 31.1 Å². The SMILES string of the molecule is CCC(C)[C@@H](c1ccc(F)c(Cl)c1)N1CCNCC1. The molecule has 0 aliphatic carbocycles. The predicted molar refractivity (Wildman–Crippen MR) is 78.0 cm³/mol. The largest absolute Gasteiger partial charge is 0.314 e. The molecule has 1 aliphatic rings. The van der Waals surface area contributed by atoms with Crippen molar-refractivity contribution in [3.8, 4) is 0 Å². The van der Waals surface area contributed by atoms with E-state index >= 15 is 0 Å². The lowest BCUT2D eigenvalue weighted by atomic mass is 9.90. The molecule has 1 aromatic rings. The van der Waals surface area contributed by atoms with Gasteiger partial charge in [0.15, 0.2) is 0 Å². The van der Waals surface area contributed by atoms with Crippen LogP contribution >= 0.6 is 11.6 Å². The number of hydrogen-bond donors (Lipinski definition) is 1. The van der Waals surface area contributed by atoms with Gasteiger partial charge in [0, 0.05) is 32.2 Å². The third-order valence-corrected chi connectivity index (χ3v) is 4.30. The van der Waals surface area contributed by atoms with Crippen LogP contribution in [0.3, 0.4) is 0 Å². The fourth-order valence-corrected chi connectivity index (χ4v) is 2.97. The molecule has 19 heavy (non-hydrogen) atoms. The van der Waals surface area contributed by atoms with Gasteiger partial charge >= 0.3 is 0 Å². The number of benzene rings is 1. The first-order valence-corrected chi connectivity index (χ1v) is 7.41. The fraction of sp³-hybridized carbons (Fsp3) is 0.600. The number of nitrogens with zero attached hydrogens (tertiary/aromatic N) is 1. The molecule has 1 heterocycles. The maximum atomic E-state index is 13.3. The Morgan fingerprint density at radius 3 is 2.63 bits per heavy atom. The zero-order valence-corrected chi connectivity index (χ0v) is 12.4. The van der Waals surface area contributed by atoms with Crippen molar-refractivity contribution in [2.24, 2.45) is 5.92 Å². The van der Waals surface area contributed by atoms with Crippen LogP contribution in [0.1, 0.15) is 31.9 Å². The molecule has 0 bridgehead atoms. The molecule has 0 amide bonds. The highest BCUT2D eigenvalue weighted by molar-refractivity contribution is 6.30. The van der Waals surface area contributed by atoms with Gasteiger partial charge in [-0.3, -0.25) is 4.90 Å². The quantitative estimate of drug-likeness (QED) is 0.911. The highest BCUT2D eigenvalue weighted by Gasteiger charge is 2.26.